The first kappa shape index (κ1) is 21.1. The summed E-state index contributed by atoms with van der Waals surface area (Å²) in [5, 5.41) is 5.16. The lowest BCUT2D eigenvalue weighted by atomic mass is 10.0. The molecule has 0 heterocycles. The van der Waals surface area contributed by atoms with E-state index < -0.39 is 29.8 Å². The molecule has 0 radical (unpaired) electrons. The first-order chi connectivity index (χ1) is 13.4. The maximum absolute atomic E-state index is 14.0. The van der Waals surface area contributed by atoms with Gasteiger partial charge < -0.3 is 15.4 Å². The zero-order valence-electron chi connectivity index (χ0n) is 15.8. The molecule has 0 aromatic heterocycles. The second kappa shape index (κ2) is 10.2. The molecule has 0 fully saturated rings. The van der Waals surface area contributed by atoms with Crippen molar-refractivity contribution in [3.8, 4) is 0 Å². The Kier molecular flexibility index (Phi) is 7.68. The molecular formula is C21H23FN2O4. The molecule has 0 saturated carbocycles. The first-order valence-corrected chi connectivity index (χ1v) is 8.83. The smallest absolute Gasteiger partial charge is 0.328 e. The summed E-state index contributed by atoms with van der Waals surface area (Å²) >= 11 is 0. The minimum atomic E-state index is -1.08. The average Bonchev–Trinajstić information content (AvgIpc) is 2.68. The Balaban J connectivity index is 2.17. The Morgan fingerprint density at radius 2 is 1.57 bits per heavy atom. The van der Waals surface area contributed by atoms with E-state index >= 15 is 0 Å². The SMILES string of the molecule is COC(=O)[C@H](Cc1ccccc1F)NC(=O)[C@H](Cc1ccccc1)NC(C)=O. The van der Waals surface area contributed by atoms with E-state index in [2.05, 4.69) is 10.6 Å². The van der Waals surface area contributed by atoms with Crippen molar-refractivity contribution in [2.24, 2.45) is 0 Å². The molecule has 0 bridgehead atoms. The Hall–Kier alpha value is -3.22. The number of halogens is 1. The van der Waals surface area contributed by atoms with Crippen molar-refractivity contribution in [2.75, 3.05) is 7.11 Å². The largest absolute Gasteiger partial charge is 0.467 e. The van der Waals surface area contributed by atoms with Crippen LogP contribution in [0.25, 0.3) is 0 Å². The Morgan fingerprint density at radius 3 is 2.18 bits per heavy atom. The van der Waals surface area contributed by atoms with Gasteiger partial charge >= 0.3 is 5.97 Å². The number of nitrogens with one attached hydrogen (secondary N) is 2. The van der Waals surface area contributed by atoms with E-state index in [1.165, 1.54) is 32.2 Å². The van der Waals surface area contributed by atoms with Gasteiger partial charge in [0.25, 0.3) is 0 Å². The fraction of sp³-hybridized carbons (Fsp3) is 0.286. The summed E-state index contributed by atoms with van der Waals surface area (Å²) in [6, 6.07) is 13.2. The fourth-order valence-corrected chi connectivity index (χ4v) is 2.80. The molecule has 0 aliphatic carbocycles. The molecule has 28 heavy (non-hydrogen) atoms. The van der Waals surface area contributed by atoms with Crippen molar-refractivity contribution in [2.45, 2.75) is 31.8 Å². The Bertz CT molecular complexity index is 826. The van der Waals surface area contributed by atoms with Crippen LogP contribution in [-0.4, -0.2) is 37.0 Å². The van der Waals surface area contributed by atoms with Crippen LogP contribution >= 0.6 is 0 Å². The van der Waals surface area contributed by atoms with Crippen LogP contribution in [0.5, 0.6) is 0 Å². The van der Waals surface area contributed by atoms with E-state index in [1.54, 1.807) is 6.07 Å². The van der Waals surface area contributed by atoms with E-state index in [1.807, 2.05) is 30.3 Å². The van der Waals surface area contributed by atoms with Gasteiger partial charge in [-0.05, 0) is 17.2 Å². The van der Waals surface area contributed by atoms with Crippen LogP contribution in [0, 0.1) is 5.82 Å². The molecule has 6 nitrogen and oxygen atoms in total. The summed E-state index contributed by atoms with van der Waals surface area (Å²) in [4.78, 5) is 36.4. The lowest BCUT2D eigenvalue weighted by Gasteiger charge is -2.22. The molecule has 7 heteroatoms. The van der Waals surface area contributed by atoms with E-state index in [4.69, 9.17) is 4.74 Å². The molecular weight excluding hydrogens is 363 g/mol. The van der Waals surface area contributed by atoms with Gasteiger partial charge in [-0.1, -0.05) is 48.5 Å². The fourth-order valence-electron chi connectivity index (χ4n) is 2.80. The average molecular weight is 386 g/mol. The zero-order valence-corrected chi connectivity index (χ0v) is 15.8. The van der Waals surface area contributed by atoms with E-state index in [0.717, 1.165) is 5.56 Å². The number of carbonyl (C=O) groups excluding carboxylic acids is 3. The molecule has 0 saturated heterocycles. The Morgan fingerprint density at radius 1 is 0.929 bits per heavy atom. The number of benzene rings is 2. The number of esters is 1. The number of carbonyl (C=O) groups is 3. The highest BCUT2D eigenvalue weighted by molar-refractivity contribution is 5.90. The number of amides is 2. The normalized spacial score (nSPS) is 12.5. The molecule has 148 valence electrons. The third-order valence-electron chi connectivity index (χ3n) is 4.16. The van der Waals surface area contributed by atoms with Crippen LogP contribution in [0.15, 0.2) is 54.6 Å². The van der Waals surface area contributed by atoms with Crippen molar-refractivity contribution >= 4 is 17.8 Å². The molecule has 2 amide bonds. The molecule has 0 aliphatic rings. The lowest BCUT2D eigenvalue weighted by Crippen LogP contribution is -2.53. The maximum atomic E-state index is 14.0. The van der Waals surface area contributed by atoms with Crippen molar-refractivity contribution < 1.29 is 23.5 Å². The second-order valence-corrected chi connectivity index (χ2v) is 6.32. The highest BCUT2D eigenvalue weighted by atomic mass is 19.1. The summed E-state index contributed by atoms with van der Waals surface area (Å²) in [6.45, 7) is 1.31. The molecule has 2 rings (SSSR count). The standard InChI is InChI=1S/C21H23FN2O4/c1-14(25)23-18(12-15-8-4-3-5-9-15)20(26)24-19(21(27)28-2)13-16-10-6-7-11-17(16)22/h3-11,18-19H,12-13H2,1-2H3,(H,23,25)(H,24,26)/t18-,19-/m0/s1. The van der Waals surface area contributed by atoms with Gasteiger partial charge in [0.15, 0.2) is 0 Å². The molecule has 0 aliphatic heterocycles. The minimum absolute atomic E-state index is 0.0663. The number of methoxy groups -OCH3 is 1. The number of ether oxygens (including phenoxy) is 1. The quantitative estimate of drug-likeness (QED) is 0.678. The number of rotatable bonds is 8. The van der Waals surface area contributed by atoms with Gasteiger partial charge in [0, 0.05) is 19.8 Å². The molecule has 2 atom stereocenters. The third kappa shape index (κ3) is 6.19. The highest BCUT2D eigenvalue weighted by Gasteiger charge is 2.27. The first-order valence-electron chi connectivity index (χ1n) is 8.83. The van der Waals surface area contributed by atoms with Crippen LogP contribution in [0.2, 0.25) is 0 Å². The van der Waals surface area contributed by atoms with E-state index in [9.17, 15) is 18.8 Å². The molecule has 2 N–H and O–H groups in total. The van der Waals surface area contributed by atoms with Gasteiger partial charge in [-0.3, -0.25) is 9.59 Å². The molecule has 0 unspecified atom stereocenters. The molecule has 2 aromatic carbocycles. The van der Waals surface area contributed by atoms with Crippen LogP contribution in [0.4, 0.5) is 4.39 Å². The maximum Gasteiger partial charge on any atom is 0.328 e. The number of hydrogen-bond donors (Lipinski definition) is 2. The highest BCUT2D eigenvalue weighted by Crippen LogP contribution is 2.11. The number of hydrogen-bond acceptors (Lipinski definition) is 4. The third-order valence-corrected chi connectivity index (χ3v) is 4.16. The zero-order chi connectivity index (χ0) is 20.5. The predicted octanol–water partition coefficient (Wildman–Crippen LogP) is 1.77. The second-order valence-electron chi connectivity index (χ2n) is 6.32. The predicted molar refractivity (Wildman–Crippen MR) is 102 cm³/mol. The topological polar surface area (TPSA) is 84.5 Å². The monoisotopic (exact) mass is 386 g/mol. The van der Waals surface area contributed by atoms with Gasteiger partial charge in [-0.25, -0.2) is 9.18 Å². The van der Waals surface area contributed by atoms with Gasteiger partial charge in [0.1, 0.15) is 17.9 Å². The summed E-state index contributed by atoms with van der Waals surface area (Å²) in [5.74, 6) is -2.10. The summed E-state index contributed by atoms with van der Waals surface area (Å²) < 4.78 is 18.7. The van der Waals surface area contributed by atoms with Crippen LogP contribution in [-0.2, 0) is 32.0 Å². The minimum Gasteiger partial charge on any atom is -0.467 e. The van der Waals surface area contributed by atoms with E-state index in [-0.39, 0.29) is 24.3 Å². The summed E-state index contributed by atoms with van der Waals surface area (Å²) in [6.07, 6.45) is 0.184. The summed E-state index contributed by atoms with van der Waals surface area (Å²) in [5.41, 5.74) is 1.12. The molecule has 2 aromatic rings. The van der Waals surface area contributed by atoms with Crippen LogP contribution in [0.3, 0.4) is 0 Å². The Labute approximate surface area is 163 Å². The van der Waals surface area contributed by atoms with Crippen molar-refractivity contribution in [1.29, 1.82) is 0 Å². The van der Waals surface area contributed by atoms with E-state index in [0.29, 0.717) is 0 Å². The van der Waals surface area contributed by atoms with Gasteiger partial charge in [-0.15, -0.1) is 0 Å². The van der Waals surface area contributed by atoms with Crippen molar-refractivity contribution in [3.63, 3.8) is 0 Å². The van der Waals surface area contributed by atoms with Crippen LogP contribution in [0.1, 0.15) is 18.1 Å². The van der Waals surface area contributed by atoms with Gasteiger partial charge in [-0.2, -0.15) is 0 Å². The molecule has 0 spiro atoms. The van der Waals surface area contributed by atoms with Gasteiger partial charge in [0.05, 0.1) is 7.11 Å². The lowest BCUT2D eigenvalue weighted by molar-refractivity contribution is -0.145. The van der Waals surface area contributed by atoms with Crippen LogP contribution < -0.4 is 10.6 Å². The summed E-state index contributed by atoms with van der Waals surface area (Å²) in [7, 11) is 1.19. The van der Waals surface area contributed by atoms with Crippen molar-refractivity contribution in [3.05, 3.63) is 71.5 Å². The van der Waals surface area contributed by atoms with Gasteiger partial charge in [0.2, 0.25) is 11.8 Å². The van der Waals surface area contributed by atoms with Crippen molar-refractivity contribution in [1.82, 2.24) is 10.6 Å².